The van der Waals surface area contributed by atoms with E-state index >= 15 is 0 Å². The molecule has 1 aromatic heterocycles. The lowest BCUT2D eigenvalue weighted by Gasteiger charge is -2.27. The molecule has 7 heteroatoms. The van der Waals surface area contributed by atoms with E-state index in [1.807, 2.05) is 13.8 Å². The molecular weight excluding hydrogens is 290 g/mol. The quantitative estimate of drug-likeness (QED) is 0.430. The number of aryl methyl sites for hydroxylation is 1. The van der Waals surface area contributed by atoms with Crippen molar-refractivity contribution in [2.75, 3.05) is 18.9 Å². The molecule has 1 unspecified atom stereocenters. The number of rotatable bonds is 8. The molecule has 0 saturated heterocycles. The van der Waals surface area contributed by atoms with Crippen LogP contribution in [0.2, 0.25) is 0 Å². The Kier molecular flexibility index (Phi) is 6.91. The molecule has 1 aromatic rings. The van der Waals surface area contributed by atoms with E-state index < -0.39 is 5.54 Å². The second-order valence-corrected chi connectivity index (χ2v) is 5.96. The predicted octanol–water partition coefficient (Wildman–Crippen LogP) is 1.49. The summed E-state index contributed by atoms with van der Waals surface area (Å²) in [6.07, 6.45) is 0.585. The van der Waals surface area contributed by atoms with Crippen molar-refractivity contribution in [2.24, 2.45) is 0 Å². The Balaban J connectivity index is 2.65. The van der Waals surface area contributed by atoms with Crippen molar-refractivity contribution in [3.05, 3.63) is 22.1 Å². The second-order valence-electron chi connectivity index (χ2n) is 4.87. The van der Waals surface area contributed by atoms with Crippen LogP contribution in [0, 0.1) is 6.92 Å². The molecule has 0 aliphatic carbocycles. The van der Waals surface area contributed by atoms with Gasteiger partial charge in [-0.2, -0.15) is 0 Å². The van der Waals surface area contributed by atoms with Crippen LogP contribution < -0.4 is 10.9 Å². The maximum atomic E-state index is 12.0. The molecule has 0 spiro atoms. The van der Waals surface area contributed by atoms with Gasteiger partial charge in [-0.3, -0.25) is 9.59 Å². The zero-order valence-corrected chi connectivity index (χ0v) is 13.8. The van der Waals surface area contributed by atoms with E-state index in [2.05, 4.69) is 15.3 Å². The molecule has 2 N–H and O–H groups in total. The summed E-state index contributed by atoms with van der Waals surface area (Å²) in [5, 5.41) is 3.74. The maximum Gasteiger partial charge on any atom is 0.326 e. The fourth-order valence-electron chi connectivity index (χ4n) is 1.91. The third-order valence-corrected chi connectivity index (χ3v) is 3.86. The molecule has 0 saturated carbocycles. The summed E-state index contributed by atoms with van der Waals surface area (Å²) in [5.41, 5.74) is -0.201. The third-order valence-electron chi connectivity index (χ3n) is 2.98. The number of nitrogens with zero attached hydrogens (tertiary/aromatic N) is 1. The number of hydrogen-bond donors (Lipinski definition) is 2. The number of nitrogens with one attached hydrogen (secondary N) is 2. The van der Waals surface area contributed by atoms with Crippen LogP contribution in [0.3, 0.4) is 0 Å². The largest absolute Gasteiger partial charge is 0.465 e. The van der Waals surface area contributed by atoms with Gasteiger partial charge in [-0.25, -0.2) is 4.98 Å². The first-order valence-electron chi connectivity index (χ1n) is 7.04. The molecule has 0 aromatic carbocycles. The second kappa shape index (κ2) is 8.19. The summed E-state index contributed by atoms with van der Waals surface area (Å²) in [5.74, 6) is 0.396. The van der Waals surface area contributed by atoms with E-state index in [-0.39, 0.29) is 11.5 Å². The van der Waals surface area contributed by atoms with E-state index in [1.165, 1.54) is 17.8 Å². The fourth-order valence-corrected chi connectivity index (χ4v) is 3.00. The Hall–Kier alpha value is -1.34. The van der Waals surface area contributed by atoms with Crippen LogP contribution in [-0.4, -0.2) is 40.4 Å². The summed E-state index contributed by atoms with van der Waals surface area (Å²) in [4.78, 5) is 30.3. The Morgan fingerprint density at radius 1 is 1.52 bits per heavy atom. The van der Waals surface area contributed by atoms with Gasteiger partial charge >= 0.3 is 5.97 Å². The first kappa shape index (κ1) is 17.7. The van der Waals surface area contributed by atoms with Crippen LogP contribution in [-0.2, 0) is 9.53 Å². The number of carbonyl (C=O) groups is 1. The minimum absolute atomic E-state index is 0.162. The highest BCUT2D eigenvalue weighted by molar-refractivity contribution is 7.99. The van der Waals surface area contributed by atoms with Crippen LogP contribution in [0.25, 0.3) is 0 Å². The first-order valence-corrected chi connectivity index (χ1v) is 8.03. The van der Waals surface area contributed by atoms with Crippen molar-refractivity contribution in [1.82, 2.24) is 15.3 Å². The minimum atomic E-state index is -0.720. The molecule has 1 heterocycles. The SMILES string of the molecule is CCNC(C)(CCSc1nc(C)cc(=O)[nH]1)C(=O)OCC. The lowest BCUT2D eigenvalue weighted by atomic mass is 9.99. The highest BCUT2D eigenvalue weighted by Crippen LogP contribution is 2.19. The topological polar surface area (TPSA) is 84.1 Å². The molecule has 0 fully saturated rings. The Morgan fingerprint density at radius 2 is 2.24 bits per heavy atom. The lowest BCUT2D eigenvalue weighted by Crippen LogP contribution is -2.50. The van der Waals surface area contributed by atoms with Gasteiger partial charge in [0.05, 0.1) is 6.61 Å². The van der Waals surface area contributed by atoms with E-state index in [0.717, 1.165) is 0 Å². The number of thioether (sulfide) groups is 1. The van der Waals surface area contributed by atoms with E-state index in [4.69, 9.17) is 4.74 Å². The molecule has 0 bridgehead atoms. The normalized spacial score (nSPS) is 13.7. The Labute approximate surface area is 129 Å². The zero-order valence-electron chi connectivity index (χ0n) is 13.0. The van der Waals surface area contributed by atoms with Gasteiger partial charge in [0.25, 0.3) is 5.56 Å². The molecule has 118 valence electrons. The number of aromatic nitrogens is 2. The number of carbonyl (C=O) groups excluding carboxylic acids is 1. The van der Waals surface area contributed by atoms with Crippen molar-refractivity contribution in [3.8, 4) is 0 Å². The van der Waals surface area contributed by atoms with Crippen LogP contribution in [0.15, 0.2) is 16.0 Å². The summed E-state index contributed by atoms with van der Waals surface area (Å²) < 4.78 is 5.12. The fraction of sp³-hybridized carbons (Fsp3) is 0.643. The lowest BCUT2D eigenvalue weighted by molar-refractivity contribution is -0.150. The van der Waals surface area contributed by atoms with Gasteiger partial charge in [-0.1, -0.05) is 18.7 Å². The number of H-pyrrole nitrogens is 1. The Morgan fingerprint density at radius 3 is 2.81 bits per heavy atom. The average molecular weight is 313 g/mol. The maximum absolute atomic E-state index is 12.0. The van der Waals surface area contributed by atoms with Gasteiger partial charge in [0.15, 0.2) is 5.16 Å². The van der Waals surface area contributed by atoms with Gasteiger partial charge in [0.1, 0.15) is 5.54 Å². The minimum Gasteiger partial charge on any atom is -0.465 e. The smallest absolute Gasteiger partial charge is 0.326 e. The standard InChI is InChI=1S/C14H23N3O3S/c1-5-15-14(4,12(19)20-6-2)7-8-21-13-16-10(3)9-11(18)17-13/h9,15H,5-8H2,1-4H3,(H,16,17,18). The highest BCUT2D eigenvalue weighted by atomic mass is 32.2. The van der Waals surface area contributed by atoms with Crippen molar-refractivity contribution < 1.29 is 9.53 Å². The number of hydrogen-bond acceptors (Lipinski definition) is 6. The zero-order chi connectivity index (χ0) is 15.9. The van der Waals surface area contributed by atoms with Gasteiger partial charge in [-0.05, 0) is 33.7 Å². The van der Waals surface area contributed by atoms with Crippen LogP contribution >= 0.6 is 11.8 Å². The van der Waals surface area contributed by atoms with E-state index in [9.17, 15) is 9.59 Å². The summed E-state index contributed by atoms with van der Waals surface area (Å²) in [7, 11) is 0. The monoisotopic (exact) mass is 313 g/mol. The number of ether oxygens (including phenoxy) is 1. The van der Waals surface area contributed by atoms with E-state index in [0.29, 0.717) is 36.2 Å². The van der Waals surface area contributed by atoms with Gasteiger partial charge < -0.3 is 15.0 Å². The first-order chi connectivity index (χ1) is 9.91. The van der Waals surface area contributed by atoms with Gasteiger partial charge in [-0.15, -0.1) is 0 Å². The van der Waals surface area contributed by atoms with E-state index in [1.54, 1.807) is 13.8 Å². The predicted molar refractivity (Wildman–Crippen MR) is 83.7 cm³/mol. The van der Waals surface area contributed by atoms with Crippen molar-refractivity contribution in [2.45, 2.75) is 44.8 Å². The van der Waals surface area contributed by atoms with Gasteiger partial charge in [0.2, 0.25) is 0 Å². The number of aromatic amines is 1. The summed E-state index contributed by atoms with van der Waals surface area (Å²) >= 11 is 1.42. The molecule has 0 aliphatic heterocycles. The average Bonchev–Trinajstić information content (AvgIpc) is 2.38. The number of esters is 1. The molecule has 0 radical (unpaired) electrons. The molecule has 0 aliphatic rings. The van der Waals surface area contributed by atoms with Crippen LogP contribution in [0.1, 0.15) is 32.9 Å². The van der Waals surface area contributed by atoms with Crippen molar-refractivity contribution in [1.29, 1.82) is 0 Å². The third kappa shape index (κ3) is 5.51. The summed E-state index contributed by atoms with van der Waals surface area (Å²) in [6.45, 7) is 8.39. The summed E-state index contributed by atoms with van der Waals surface area (Å²) in [6, 6.07) is 1.45. The van der Waals surface area contributed by atoms with Gasteiger partial charge in [0, 0.05) is 17.5 Å². The molecule has 1 rings (SSSR count). The Bertz CT molecular complexity index is 532. The highest BCUT2D eigenvalue weighted by Gasteiger charge is 2.33. The molecular formula is C14H23N3O3S. The van der Waals surface area contributed by atoms with Crippen molar-refractivity contribution >= 4 is 17.7 Å². The van der Waals surface area contributed by atoms with Crippen molar-refractivity contribution in [3.63, 3.8) is 0 Å². The van der Waals surface area contributed by atoms with Crippen LogP contribution in [0.4, 0.5) is 0 Å². The molecule has 0 amide bonds. The molecule has 1 atom stereocenters. The molecule has 21 heavy (non-hydrogen) atoms. The molecule has 6 nitrogen and oxygen atoms in total. The van der Waals surface area contributed by atoms with Crippen LogP contribution in [0.5, 0.6) is 0 Å². The number of likely N-dealkylation sites (N-methyl/N-ethyl adjacent to an activating group) is 1.